The van der Waals surface area contributed by atoms with E-state index in [0.29, 0.717) is 13.0 Å². The van der Waals surface area contributed by atoms with Crippen LogP contribution in [0.5, 0.6) is 0 Å². The van der Waals surface area contributed by atoms with E-state index in [2.05, 4.69) is 62.5 Å². The van der Waals surface area contributed by atoms with E-state index >= 15 is 0 Å². The maximum absolute atomic E-state index is 13.0. The Morgan fingerprint density at radius 1 is 0.531 bits per heavy atom. The predicted octanol–water partition coefficient (Wildman–Crippen LogP) is 6.79. The summed E-state index contributed by atoms with van der Waals surface area (Å²) in [6.07, 6.45) is 26.2. The zero-order valence-electron chi connectivity index (χ0n) is 39.3. The summed E-state index contributed by atoms with van der Waals surface area (Å²) in [4.78, 5) is 13.0. The highest BCUT2D eigenvalue weighted by Gasteiger charge is 2.47. The van der Waals surface area contributed by atoms with E-state index in [-0.39, 0.29) is 19.6 Å². The summed E-state index contributed by atoms with van der Waals surface area (Å²) in [6, 6.07) is 0. The second-order valence-corrected chi connectivity index (χ2v) is 17.3. The first-order valence-corrected chi connectivity index (χ1v) is 24.7. The topological polar surface area (TPSA) is 214 Å². The van der Waals surface area contributed by atoms with Gasteiger partial charge < -0.3 is 64.2 Å². The third kappa shape index (κ3) is 25.7. The quantitative estimate of drug-likeness (QED) is 0.0193. The average Bonchev–Trinajstić information content (AvgIpc) is 3.29. The molecule has 11 atom stereocenters. The summed E-state index contributed by atoms with van der Waals surface area (Å²) in [5.41, 5.74) is 0. The molecule has 2 rings (SSSR count). The van der Waals surface area contributed by atoms with E-state index in [0.717, 1.165) is 57.8 Å². The van der Waals surface area contributed by atoms with E-state index in [1.807, 2.05) is 0 Å². The molecule has 0 aromatic carbocycles. The fourth-order valence-electron chi connectivity index (χ4n) is 7.58. The van der Waals surface area contributed by atoms with Gasteiger partial charge in [-0.05, 0) is 44.9 Å². The fourth-order valence-corrected chi connectivity index (χ4v) is 7.58. The van der Waals surface area contributed by atoms with Crippen LogP contribution in [0, 0.1) is 0 Å². The van der Waals surface area contributed by atoms with Gasteiger partial charge in [-0.25, -0.2) is 0 Å². The Morgan fingerprint density at radius 2 is 1.00 bits per heavy atom. The molecule has 0 amide bonds. The highest BCUT2D eigenvalue weighted by Crippen LogP contribution is 2.26. The highest BCUT2D eigenvalue weighted by atomic mass is 16.7. The standard InChI is InChI=1S/C50H88O14/c1-3-5-7-9-11-13-15-17-19-20-21-23-25-27-29-31-33-42(52)62-39(36-59-34-32-30-28-26-24-22-18-16-14-12-10-8-6-4-2)37-60-49-48(58)46(56)44(54)41(64-49)38-61-50-47(57)45(55)43(53)40(35-51)63-50/h6,8,12,14,18,22,26,28,39-41,43-51,53-58H,3-5,7,9-11,13,15-17,19-21,23-25,27,29-38H2,1-2H3/b8-6-,14-12-,22-18-,28-26-. The lowest BCUT2D eigenvalue weighted by atomic mass is 9.98. The van der Waals surface area contributed by atoms with Crippen LogP contribution in [-0.2, 0) is 33.2 Å². The number of aliphatic hydroxyl groups excluding tert-OH is 7. The van der Waals surface area contributed by atoms with Crippen LogP contribution in [0.4, 0.5) is 0 Å². The first-order valence-electron chi connectivity index (χ1n) is 24.7. The summed E-state index contributed by atoms with van der Waals surface area (Å²) < 4.78 is 34.1. The third-order valence-corrected chi connectivity index (χ3v) is 11.6. The van der Waals surface area contributed by atoms with Crippen LogP contribution >= 0.6 is 0 Å². The molecule has 64 heavy (non-hydrogen) atoms. The molecule has 2 heterocycles. The minimum absolute atomic E-state index is 0.0244. The molecule has 0 spiro atoms. The van der Waals surface area contributed by atoms with Gasteiger partial charge in [0.25, 0.3) is 0 Å². The number of hydrogen-bond acceptors (Lipinski definition) is 14. The number of ether oxygens (including phenoxy) is 6. The molecule has 7 N–H and O–H groups in total. The lowest BCUT2D eigenvalue weighted by Crippen LogP contribution is -2.61. The molecule has 11 unspecified atom stereocenters. The number of allylic oxidation sites excluding steroid dienone is 8. The van der Waals surface area contributed by atoms with E-state index in [9.17, 15) is 40.5 Å². The average molecular weight is 913 g/mol. The number of unbranched alkanes of at least 4 members (excludes halogenated alkanes) is 16. The first kappa shape index (κ1) is 58.1. The van der Waals surface area contributed by atoms with Crippen molar-refractivity contribution in [3.63, 3.8) is 0 Å². The third-order valence-electron chi connectivity index (χ3n) is 11.6. The van der Waals surface area contributed by atoms with Crippen LogP contribution in [0.2, 0.25) is 0 Å². The summed E-state index contributed by atoms with van der Waals surface area (Å²) in [7, 11) is 0. The Bertz CT molecular complexity index is 1240. The number of aliphatic hydroxyl groups is 7. The van der Waals surface area contributed by atoms with Crippen molar-refractivity contribution in [2.75, 3.05) is 33.0 Å². The summed E-state index contributed by atoms with van der Waals surface area (Å²) >= 11 is 0. The van der Waals surface area contributed by atoms with Gasteiger partial charge in [0.05, 0.1) is 26.4 Å². The fraction of sp³-hybridized carbons (Fsp3) is 0.820. The minimum atomic E-state index is -1.72. The Morgan fingerprint density at radius 3 is 1.53 bits per heavy atom. The second-order valence-electron chi connectivity index (χ2n) is 17.3. The molecule has 0 aliphatic carbocycles. The molecule has 2 aliphatic rings. The molecular formula is C50H88O14. The van der Waals surface area contributed by atoms with Crippen LogP contribution < -0.4 is 0 Å². The van der Waals surface area contributed by atoms with E-state index in [1.165, 1.54) is 77.0 Å². The number of esters is 1. The Kier molecular flexibility index (Phi) is 34.5. The van der Waals surface area contributed by atoms with Gasteiger partial charge in [-0.15, -0.1) is 0 Å². The number of rotatable bonds is 38. The molecule has 0 aromatic rings. The summed E-state index contributed by atoms with van der Waals surface area (Å²) in [5.74, 6) is -0.395. The van der Waals surface area contributed by atoms with E-state index in [1.54, 1.807) is 0 Å². The molecular weight excluding hydrogens is 825 g/mol. The lowest BCUT2D eigenvalue weighted by Gasteiger charge is -2.42. The molecule has 0 aromatic heterocycles. The molecule has 14 nitrogen and oxygen atoms in total. The predicted molar refractivity (Wildman–Crippen MR) is 247 cm³/mol. The van der Waals surface area contributed by atoms with Crippen LogP contribution in [-0.4, -0.2) is 142 Å². The molecule has 14 heteroatoms. The number of hydrogen-bond donors (Lipinski definition) is 7. The molecule has 2 aliphatic heterocycles. The van der Waals surface area contributed by atoms with Gasteiger partial charge in [-0.2, -0.15) is 0 Å². The molecule has 2 saturated heterocycles. The molecule has 372 valence electrons. The van der Waals surface area contributed by atoms with Crippen molar-refractivity contribution in [2.24, 2.45) is 0 Å². The monoisotopic (exact) mass is 913 g/mol. The van der Waals surface area contributed by atoms with Crippen molar-refractivity contribution < 1.29 is 69.0 Å². The largest absolute Gasteiger partial charge is 0.457 e. The van der Waals surface area contributed by atoms with Crippen molar-refractivity contribution >= 4 is 5.97 Å². The Hall–Kier alpha value is -2.05. The van der Waals surface area contributed by atoms with Crippen LogP contribution in [0.3, 0.4) is 0 Å². The number of carbonyl (C=O) groups excluding carboxylic acids is 1. The van der Waals surface area contributed by atoms with Crippen LogP contribution in [0.15, 0.2) is 48.6 Å². The van der Waals surface area contributed by atoms with Crippen LogP contribution in [0.25, 0.3) is 0 Å². The smallest absolute Gasteiger partial charge is 0.306 e. The van der Waals surface area contributed by atoms with Crippen LogP contribution in [0.1, 0.15) is 162 Å². The Balaban J connectivity index is 1.80. The van der Waals surface area contributed by atoms with Gasteiger partial charge in [0.2, 0.25) is 0 Å². The molecule has 0 radical (unpaired) electrons. The normalized spacial score (nSPS) is 27.1. The SMILES string of the molecule is CC/C=C\C/C=C\C/C=C\C/C=C\CCCOCC(COC1OC(COC2OC(CO)C(O)C(O)C2O)C(O)C(O)C1O)OC(=O)CCCCCCCCCCCCCCCCCC. The van der Waals surface area contributed by atoms with Crippen molar-refractivity contribution in [1.82, 2.24) is 0 Å². The zero-order valence-corrected chi connectivity index (χ0v) is 39.3. The molecule has 2 fully saturated rings. The summed E-state index contributed by atoms with van der Waals surface area (Å²) in [6.45, 7) is 3.42. The lowest BCUT2D eigenvalue weighted by molar-refractivity contribution is -0.332. The molecule has 0 saturated carbocycles. The van der Waals surface area contributed by atoms with Gasteiger partial charge >= 0.3 is 5.97 Å². The van der Waals surface area contributed by atoms with Gasteiger partial charge in [-0.1, -0.05) is 159 Å². The minimum Gasteiger partial charge on any atom is -0.457 e. The van der Waals surface area contributed by atoms with Gasteiger partial charge in [0, 0.05) is 13.0 Å². The van der Waals surface area contributed by atoms with Crippen molar-refractivity contribution in [1.29, 1.82) is 0 Å². The second kappa shape index (κ2) is 38.0. The van der Waals surface area contributed by atoms with Gasteiger partial charge in [0.1, 0.15) is 54.9 Å². The maximum atomic E-state index is 13.0. The first-order chi connectivity index (χ1) is 31.1. The number of carbonyl (C=O) groups is 1. The van der Waals surface area contributed by atoms with Gasteiger partial charge in [-0.3, -0.25) is 4.79 Å². The zero-order chi connectivity index (χ0) is 46.6. The summed E-state index contributed by atoms with van der Waals surface area (Å²) in [5, 5.41) is 72.0. The maximum Gasteiger partial charge on any atom is 0.306 e. The van der Waals surface area contributed by atoms with Crippen molar-refractivity contribution in [2.45, 2.75) is 229 Å². The van der Waals surface area contributed by atoms with E-state index in [4.69, 9.17) is 28.4 Å². The van der Waals surface area contributed by atoms with E-state index < -0.39 is 86.7 Å². The van der Waals surface area contributed by atoms with Gasteiger partial charge in [0.15, 0.2) is 12.6 Å². The Labute approximate surface area is 384 Å². The van der Waals surface area contributed by atoms with Crippen molar-refractivity contribution in [3.8, 4) is 0 Å². The highest BCUT2D eigenvalue weighted by molar-refractivity contribution is 5.69. The van der Waals surface area contributed by atoms with Crippen molar-refractivity contribution in [3.05, 3.63) is 48.6 Å². The molecule has 0 bridgehead atoms.